The number of fused-ring (bicyclic) bond motifs is 3. The van der Waals surface area contributed by atoms with Gasteiger partial charge in [-0.05, 0) is 41.3 Å². The summed E-state index contributed by atoms with van der Waals surface area (Å²) < 4.78 is 5.62. The highest BCUT2D eigenvalue weighted by Crippen LogP contribution is 2.44. The van der Waals surface area contributed by atoms with Gasteiger partial charge in [0.25, 0.3) is 0 Å². The molecule has 0 saturated carbocycles. The Bertz CT molecular complexity index is 1220. The molecule has 2 amide bonds. The number of alkyl carbamates (subject to hydrolysis) is 1. The lowest BCUT2D eigenvalue weighted by atomic mass is 9.81. The molecule has 1 aromatic heterocycles. The van der Waals surface area contributed by atoms with E-state index in [4.69, 9.17) is 4.74 Å². The highest BCUT2D eigenvalue weighted by molar-refractivity contribution is 5.89. The maximum Gasteiger partial charge on any atom is 0.407 e. The standard InChI is InChI=1S/C27H27N3O5/c1-27(25(32)33)15-30(16-27)24(31)23(13-17-7-6-12-28-17)29-26(34)35-14-22-20-10-4-2-8-18(20)19-9-3-5-11-21(19)22/h2-12,22-23,28H,13-16H2,1H3,(H,29,34)(H,32,33). The molecule has 1 aliphatic carbocycles. The molecule has 0 spiro atoms. The van der Waals surface area contributed by atoms with Gasteiger partial charge in [-0.15, -0.1) is 0 Å². The van der Waals surface area contributed by atoms with E-state index in [0.717, 1.165) is 27.9 Å². The van der Waals surface area contributed by atoms with Gasteiger partial charge in [-0.25, -0.2) is 4.79 Å². The summed E-state index contributed by atoms with van der Waals surface area (Å²) in [6.45, 7) is 1.96. The number of rotatable bonds is 7. The summed E-state index contributed by atoms with van der Waals surface area (Å²) in [5, 5.41) is 12.1. The number of ether oxygens (including phenoxy) is 1. The lowest BCUT2D eigenvalue weighted by Crippen LogP contribution is -2.64. The number of carbonyl (C=O) groups excluding carboxylic acids is 2. The van der Waals surface area contributed by atoms with E-state index in [2.05, 4.69) is 22.4 Å². The minimum Gasteiger partial charge on any atom is -0.481 e. The quantitative estimate of drug-likeness (QED) is 0.487. The number of carboxylic acid groups (broad SMARTS) is 1. The Labute approximate surface area is 202 Å². The summed E-state index contributed by atoms with van der Waals surface area (Å²) >= 11 is 0. The van der Waals surface area contributed by atoms with Gasteiger partial charge in [-0.1, -0.05) is 48.5 Å². The number of hydrogen-bond donors (Lipinski definition) is 3. The van der Waals surface area contributed by atoms with E-state index >= 15 is 0 Å². The van der Waals surface area contributed by atoms with Gasteiger partial charge >= 0.3 is 12.1 Å². The van der Waals surface area contributed by atoms with Crippen LogP contribution < -0.4 is 5.32 Å². The number of nitrogens with one attached hydrogen (secondary N) is 2. The number of aromatic nitrogens is 1. The number of carbonyl (C=O) groups is 3. The fraction of sp³-hybridized carbons (Fsp3) is 0.296. The van der Waals surface area contributed by atoms with Crippen LogP contribution in [0.3, 0.4) is 0 Å². The van der Waals surface area contributed by atoms with Gasteiger partial charge < -0.3 is 25.0 Å². The molecular weight excluding hydrogens is 446 g/mol. The molecule has 3 N–H and O–H groups in total. The molecule has 2 aliphatic rings. The molecule has 3 aromatic rings. The first kappa shape index (κ1) is 22.7. The summed E-state index contributed by atoms with van der Waals surface area (Å²) in [5.74, 6) is -1.35. The number of H-pyrrole nitrogens is 1. The van der Waals surface area contributed by atoms with E-state index in [-0.39, 0.29) is 37.9 Å². The van der Waals surface area contributed by atoms with E-state index in [9.17, 15) is 19.5 Å². The van der Waals surface area contributed by atoms with Crippen LogP contribution in [-0.4, -0.2) is 58.7 Å². The van der Waals surface area contributed by atoms with E-state index in [1.807, 2.05) is 48.5 Å². The number of aromatic amines is 1. The molecule has 2 aromatic carbocycles. The van der Waals surface area contributed by atoms with Crippen molar-refractivity contribution in [2.24, 2.45) is 5.41 Å². The van der Waals surface area contributed by atoms with Gasteiger partial charge in [-0.2, -0.15) is 0 Å². The van der Waals surface area contributed by atoms with Crippen molar-refractivity contribution in [2.45, 2.75) is 25.3 Å². The second-order valence-electron chi connectivity index (χ2n) is 9.48. The topological polar surface area (TPSA) is 112 Å². The predicted molar refractivity (Wildman–Crippen MR) is 129 cm³/mol. The highest BCUT2D eigenvalue weighted by Gasteiger charge is 2.48. The van der Waals surface area contributed by atoms with Crippen LogP contribution in [-0.2, 0) is 20.7 Å². The monoisotopic (exact) mass is 473 g/mol. The van der Waals surface area contributed by atoms with Crippen molar-refractivity contribution in [1.29, 1.82) is 0 Å². The summed E-state index contributed by atoms with van der Waals surface area (Å²) in [5.41, 5.74) is 4.30. The van der Waals surface area contributed by atoms with Crippen LogP contribution in [0.4, 0.5) is 4.79 Å². The lowest BCUT2D eigenvalue weighted by molar-refractivity contribution is -0.164. The minimum absolute atomic E-state index is 0.0858. The van der Waals surface area contributed by atoms with Crippen LogP contribution in [0.15, 0.2) is 66.9 Å². The van der Waals surface area contributed by atoms with Gasteiger partial charge in [0.2, 0.25) is 5.91 Å². The first-order chi connectivity index (χ1) is 16.9. The van der Waals surface area contributed by atoms with Crippen molar-refractivity contribution >= 4 is 18.0 Å². The molecule has 35 heavy (non-hydrogen) atoms. The van der Waals surface area contributed by atoms with Crippen LogP contribution in [0.2, 0.25) is 0 Å². The van der Waals surface area contributed by atoms with E-state index < -0.39 is 23.5 Å². The molecule has 8 nitrogen and oxygen atoms in total. The Morgan fingerprint density at radius 3 is 2.26 bits per heavy atom. The Kier molecular flexibility index (Phi) is 5.80. The first-order valence-corrected chi connectivity index (χ1v) is 11.6. The normalized spacial score (nSPS) is 16.5. The van der Waals surface area contributed by atoms with Gasteiger partial charge in [0.05, 0.1) is 5.41 Å². The summed E-state index contributed by atoms with van der Waals surface area (Å²) in [6, 6.07) is 18.9. The van der Waals surface area contributed by atoms with Gasteiger partial charge in [-0.3, -0.25) is 9.59 Å². The van der Waals surface area contributed by atoms with Gasteiger partial charge in [0.1, 0.15) is 12.6 Å². The Morgan fingerprint density at radius 2 is 1.69 bits per heavy atom. The molecule has 8 heteroatoms. The van der Waals surface area contributed by atoms with Crippen LogP contribution in [0.1, 0.15) is 29.7 Å². The van der Waals surface area contributed by atoms with E-state index in [1.54, 1.807) is 13.1 Å². The summed E-state index contributed by atoms with van der Waals surface area (Å²) in [6.07, 6.45) is 1.31. The van der Waals surface area contributed by atoms with Crippen molar-refractivity contribution in [3.05, 3.63) is 83.7 Å². The molecule has 5 rings (SSSR count). The molecule has 0 radical (unpaired) electrons. The molecule has 2 heterocycles. The number of nitrogens with zero attached hydrogens (tertiary/aromatic N) is 1. The number of carboxylic acids is 1. The highest BCUT2D eigenvalue weighted by atomic mass is 16.5. The second kappa shape index (κ2) is 8.94. The van der Waals surface area contributed by atoms with Gasteiger partial charge in [0.15, 0.2) is 0 Å². The summed E-state index contributed by atoms with van der Waals surface area (Å²) in [7, 11) is 0. The van der Waals surface area contributed by atoms with Crippen molar-refractivity contribution in [1.82, 2.24) is 15.2 Å². The number of aliphatic carboxylic acids is 1. The molecule has 1 fully saturated rings. The van der Waals surface area contributed by atoms with E-state index in [0.29, 0.717) is 0 Å². The maximum atomic E-state index is 13.1. The maximum absolute atomic E-state index is 13.1. The molecule has 180 valence electrons. The molecule has 1 saturated heterocycles. The molecule has 1 unspecified atom stereocenters. The first-order valence-electron chi connectivity index (χ1n) is 11.6. The third-order valence-electron chi connectivity index (χ3n) is 6.93. The molecule has 0 bridgehead atoms. The van der Waals surface area contributed by atoms with Gasteiger partial charge in [0, 0.05) is 37.3 Å². The zero-order valence-corrected chi connectivity index (χ0v) is 19.4. The largest absolute Gasteiger partial charge is 0.481 e. The van der Waals surface area contributed by atoms with E-state index in [1.165, 1.54) is 4.90 Å². The third-order valence-corrected chi connectivity index (χ3v) is 6.93. The van der Waals surface area contributed by atoms with Crippen molar-refractivity contribution in [2.75, 3.05) is 19.7 Å². The fourth-order valence-electron chi connectivity index (χ4n) is 5.00. The fourth-order valence-corrected chi connectivity index (χ4v) is 5.00. The van der Waals surface area contributed by atoms with Crippen LogP contribution in [0.25, 0.3) is 11.1 Å². The number of likely N-dealkylation sites (tertiary alicyclic amines) is 1. The van der Waals surface area contributed by atoms with Crippen molar-refractivity contribution in [3.63, 3.8) is 0 Å². The number of hydrogen-bond acceptors (Lipinski definition) is 4. The lowest BCUT2D eigenvalue weighted by Gasteiger charge is -2.46. The Morgan fingerprint density at radius 1 is 1.06 bits per heavy atom. The average molecular weight is 474 g/mol. The molecule has 1 atom stereocenters. The summed E-state index contributed by atoms with van der Waals surface area (Å²) in [4.78, 5) is 41.9. The molecule has 1 aliphatic heterocycles. The second-order valence-corrected chi connectivity index (χ2v) is 9.48. The Hall–Kier alpha value is -4.07. The predicted octanol–water partition coefficient (Wildman–Crippen LogP) is 3.40. The SMILES string of the molecule is CC1(C(=O)O)CN(C(=O)C(Cc2ccc[nH]2)NC(=O)OCC2c3ccccc3-c3ccccc32)C1. The van der Waals surface area contributed by atoms with Crippen LogP contribution in [0, 0.1) is 5.41 Å². The Balaban J connectivity index is 1.27. The van der Waals surface area contributed by atoms with Crippen LogP contribution >= 0.6 is 0 Å². The third kappa shape index (κ3) is 4.27. The minimum atomic E-state index is -0.962. The number of benzene rings is 2. The number of amides is 2. The molecular formula is C27H27N3O5. The van der Waals surface area contributed by atoms with Crippen molar-refractivity contribution < 1.29 is 24.2 Å². The van der Waals surface area contributed by atoms with Crippen molar-refractivity contribution in [3.8, 4) is 11.1 Å². The zero-order valence-electron chi connectivity index (χ0n) is 19.4. The average Bonchev–Trinajstić information content (AvgIpc) is 3.46. The zero-order chi connectivity index (χ0) is 24.6. The smallest absolute Gasteiger partial charge is 0.407 e. The van der Waals surface area contributed by atoms with Crippen LogP contribution in [0.5, 0.6) is 0 Å².